The number of hydrogen-bond donors (Lipinski definition) is 3. The Morgan fingerprint density at radius 3 is 2.73 bits per heavy atom. The van der Waals surface area contributed by atoms with Crippen LogP contribution in [-0.4, -0.2) is 70.9 Å². The van der Waals surface area contributed by atoms with E-state index in [-0.39, 0.29) is 38.1 Å². The van der Waals surface area contributed by atoms with E-state index in [1.165, 1.54) is 20.5 Å². The van der Waals surface area contributed by atoms with Crippen molar-refractivity contribution in [2.45, 2.75) is 12.6 Å². The number of hydrogen-bond acceptors (Lipinski definition) is 10. The summed E-state index contributed by atoms with van der Waals surface area (Å²) in [6, 6.07) is 0. The molecule has 1 unspecified atom stereocenters. The Balaban J connectivity index is 2.05. The summed E-state index contributed by atoms with van der Waals surface area (Å²) in [5, 5.41) is 0. The first-order valence-electron chi connectivity index (χ1n) is 7.66. The SMILES string of the molecule is COCCOP(=O)(O)CO[C@@H](COC)Cn1cnc2c(N)nc(N)nc21. The van der Waals surface area contributed by atoms with Gasteiger partial charge in [-0.2, -0.15) is 9.97 Å². The van der Waals surface area contributed by atoms with Crippen molar-refractivity contribution < 1.29 is 28.2 Å². The molecule has 0 bridgehead atoms. The molecule has 0 aliphatic heterocycles. The van der Waals surface area contributed by atoms with Crippen LogP contribution >= 0.6 is 7.60 Å². The van der Waals surface area contributed by atoms with Crippen LogP contribution in [0.2, 0.25) is 0 Å². The van der Waals surface area contributed by atoms with Crippen LogP contribution in [0.1, 0.15) is 0 Å². The van der Waals surface area contributed by atoms with Crippen molar-refractivity contribution in [2.75, 3.05) is 51.9 Å². The highest BCUT2D eigenvalue weighted by Gasteiger charge is 2.23. The summed E-state index contributed by atoms with van der Waals surface area (Å²) in [7, 11) is -0.940. The second kappa shape index (κ2) is 9.21. The second-order valence-electron chi connectivity index (χ2n) is 5.37. The molecule has 0 amide bonds. The number of anilines is 2. The maximum Gasteiger partial charge on any atom is 0.353 e. The molecule has 2 aromatic heterocycles. The largest absolute Gasteiger partial charge is 0.382 e. The third-order valence-corrected chi connectivity index (χ3v) is 4.38. The molecule has 26 heavy (non-hydrogen) atoms. The van der Waals surface area contributed by atoms with Gasteiger partial charge in [-0.3, -0.25) is 4.57 Å². The summed E-state index contributed by atoms with van der Waals surface area (Å²) in [5.41, 5.74) is 12.2. The van der Waals surface area contributed by atoms with Crippen molar-refractivity contribution in [3.05, 3.63) is 6.33 Å². The second-order valence-corrected chi connectivity index (χ2v) is 7.16. The maximum atomic E-state index is 11.9. The highest BCUT2D eigenvalue weighted by atomic mass is 31.2. The van der Waals surface area contributed by atoms with Crippen LogP contribution in [0.25, 0.3) is 11.2 Å². The highest BCUT2D eigenvalue weighted by molar-refractivity contribution is 7.52. The summed E-state index contributed by atoms with van der Waals surface area (Å²) in [4.78, 5) is 21.9. The lowest BCUT2D eigenvalue weighted by Crippen LogP contribution is -2.26. The molecule has 0 aromatic carbocycles. The fraction of sp³-hybridized carbons (Fsp3) is 0.615. The number of nitrogens with two attached hydrogens (primary N) is 2. The molecule has 0 fully saturated rings. The average molecular weight is 390 g/mol. The van der Waals surface area contributed by atoms with Crippen LogP contribution in [0.4, 0.5) is 11.8 Å². The van der Waals surface area contributed by atoms with E-state index in [0.29, 0.717) is 11.2 Å². The monoisotopic (exact) mass is 390 g/mol. The minimum atomic E-state index is -3.90. The highest BCUT2D eigenvalue weighted by Crippen LogP contribution is 2.41. The van der Waals surface area contributed by atoms with Gasteiger partial charge in [0.15, 0.2) is 11.5 Å². The van der Waals surface area contributed by atoms with Crippen LogP contribution in [0.5, 0.6) is 0 Å². The predicted molar refractivity (Wildman–Crippen MR) is 93.4 cm³/mol. The first-order valence-corrected chi connectivity index (χ1v) is 9.42. The van der Waals surface area contributed by atoms with Crippen LogP contribution in [0.15, 0.2) is 6.33 Å². The molecule has 0 radical (unpaired) electrons. The van der Waals surface area contributed by atoms with Gasteiger partial charge >= 0.3 is 7.60 Å². The molecule has 0 saturated heterocycles. The van der Waals surface area contributed by atoms with Crippen molar-refractivity contribution in [2.24, 2.45) is 0 Å². The van der Waals surface area contributed by atoms with Crippen LogP contribution in [0, 0.1) is 0 Å². The lowest BCUT2D eigenvalue weighted by atomic mass is 10.3. The van der Waals surface area contributed by atoms with Crippen LogP contribution in [0.3, 0.4) is 0 Å². The molecular weight excluding hydrogens is 367 g/mol. The van der Waals surface area contributed by atoms with Gasteiger partial charge in [0.1, 0.15) is 11.9 Å². The van der Waals surface area contributed by atoms with Crippen molar-refractivity contribution in [1.82, 2.24) is 19.5 Å². The number of methoxy groups -OCH3 is 2. The summed E-state index contributed by atoms with van der Waals surface area (Å²) in [6.45, 7) is 0.617. The maximum absolute atomic E-state index is 11.9. The van der Waals surface area contributed by atoms with Crippen LogP contribution < -0.4 is 11.5 Å². The van der Waals surface area contributed by atoms with Crippen molar-refractivity contribution in [3.8, 4) is 0 Å². The Bertz CT molecular complexity index is 771. The zero-order valence-corrected chi connectivity index (χ0v) is 15.5. The average Bonchev–Trinajstić information content (AvgIpc) is 2.96. The number of ether oxygens (including phenoxy) is 3. The Labute approximate surface area is 150 Å². The molecule has 12 nitrogen and oxygen atoms in total. The summed E-state index contributed by atoms with van der Waals surface area (Å²) < 4.78 is 33.9. The predicted octanol–water partition coefficient (Wildman–Crippen LogP) is -0.172. The van der Waals surface area contributed by atoms with E-state index in [4.69, 9.17) is 30.2 Å². The van der Waals surface area contributed by atoms with E-state index < -0.39 is 20.0 Å². The van der Waals surface area contributed by atoms with Gasteiger partial charge in [0, 0.05) is 14.2 Å². The van der Waals surface area contributed by atoms with Gasteiger partial charge in [-0.05, 0) is 0 Å². The van der Waals surface area contributed by atoms with E-state index in [0.717, 1.165) is 0 Å². The molecule has 0 saturated carbocycles. The third-order valence-electron chi connectivity index (χ3n) is 3.31. The minimum absolute atomic E-state index is 0.00971. The van der Waals surface area contributed by atoms with E-state index in [2.05, 4.69) is 15.0 Å². The van der Waals surface area contributed by atoms with Crippen molar-refractivity contribution in [3.63, 3.8) is 0 Å². The number of aromatic nitrogens is 4. The van der Waals surface area contributed by atoms with E-state index >= 15 is 0 Å². The Hall–Kier alpha value is -1.82. The topological polar surface area (TPSA) is 170 Å². The quantitative estimate of drug-likeness (QED) is 0.344. The molecule has 5 N–H and O–H groups in total. The Kier molecular flexibility index (Phi) is 7.26. The molecular formula is C13H23N6O6P. The minimum Gasteiger partial charge on any atom is -0.382 e. The number of fused-ring (bicyclic) bond motifs is 1. The molecule has 0 aliphatic carbocycles. The van der Waals surface area contributed by atoms with E-state index in [1.54, 1.807) is 4.57 Å². The van der Waals surface area contributed by atoms with Crippen LogP contribution in [-0.2, 0) is 29.8 Å². The molecule has 146 valence electrons. The fourth-order valence-corrected chi connectivity index (χ4v) is 3.01. The molecule has 2 rings (SSSR count). The zero-order valence-electron chi connectivity index (χ0n) is 14.6. The Morgan fingerprint density at radius 2 is 2.04 bits per heavy atom. The smallest absolute Gasteiger partial charge is 0.353 e. The fourth-order valence-electron chi connectivity index (χ4n) is 2.18. The zero-order chi connectivity index (χ0) is 19.2. The van der Waals surface area contributed by atoms with E-state index in [1.807, 2.05) is 0 Å². The first-order chi connectivity index (χ1) is 12.4. The number of imidazole rings is 1. The molecule has 13 heteroatoms. The molecule has 0 spiro atoms. The standard InChI is InChI=1S/C13H23N6O6P/c1-22-3-4-25-26(20,21)8-24-9(6-23-2)5-19-7-16-10-11(14)17-13(15)18-12(10)19/h7,9H,3-6,8H2,1-2H3,(H,20,21)(H4,14,15,17,18)/t9-/m1/s1. The summed E-state index contributed by atoms with van der Waals surface area (Å²) >= 11 is 0. The number of nitrogens with zero attached hydrogens (tertiary/aromatic N) is 4. The number of rotatable bonds is 11. The molecule has 2 atom stereocenters. The van der Waals surface area contributed by atoms with Gasteiger partial charge in [-0.25, -0.2) is 4.98 Å². The first kappa shape index (κ1) is 20.5. The summed E-state index contributed by atoms with van der Waals surface area (Å²) in [5.74, 6) is 0.189. The van der Waals surface area contributed by atoms with Gasteiger partial charge in [0.2, 0.25) is 5.95 Å². The molecule has 0 aliphatic rings. The van der Waals surface area contributed by atoms with Crippen molar-refractivity contribution >= 4 is 30.5 Å². The van der Waals surface area contributed by atoms with Gasteiger partial charge < -0.3 is 39.7 Å². The van der Waals surface area contributed by atoms with Gasteiger partial charge in [0.05, 0.1) is 38.8 Å². The lowest BCUT2D eigenvalue weighted by Gasteiger charge is -2.20. The molecule has 2 heterocycles. The van der Waals surface area contributed by atoms with Crippen molar-refractivity contribution in [1.29, 1.82) is 0 Å². The lowest BCUT2D eigenvalue weighted by molar-refractivity contribution is 0.00172. The van der Waals surface area contributed by atoms with E-state index in [9.17, 15) is 9.46 Å². The van der Waals surface area contributed by atoms with Gasteiger partial charge in [0.25, 0.3) is 0 Å². The normalized spacial score (nSPS) is 15.2. The third kappa shape index (κ3) is 5.59. The van der Waals surface area contributed by atoms with Gasteiger partial charge in [-0.15, -0.1) is 0 Å². The Morgan fingerprint density at radius 1 is 1.27 bits per heavy atom. The number of nitrogen functional groups attached to an aromatic ring is 2. The molecule has 2 aromatic rings. The summed E-state index contributed by atoms with van der Waals surface area (Å²) in [6.07, 6.45) is 0.465. The van der Waals surface area contributed by atoms with Gasteiger partial charge in [-0.1, -0.05) is 0 Å².